The third-order valence-electron chi connectivity index (χ3n) is 2.37. The lowest BCUT2D eigenvalue weighted by atomic mass is 10.1. The summed E-state index contributed by atoms with van der Waals surface area (Å²) in [5, 5.41) is 9.21. The zero-order valence-electron chi connectivity index (χ0n) is 9.10. The summed E-state index contributed by atoms with van der Waals surface area (Å²) in [5.41, 5.74) is 0. The first kappa shape index (κ1) is 13.7. The van der Waals surface area contributed by atoms with Crippen molar-refractivity contribution >= 4 is 31.0 Å². The first-order chi connectivity index (χ1) is 8.60. The first-order valence-corrected chi connectivity index (χ1v) is 7.62. The van der Waals surface area contributed by atoms with Gasteiger partial charge in [-0.2, -0.15) is 16.8 Å². The summed E-state index contributed by atoms with van der Waals surface area (Å²) in [6.45, 7) is 0. The number of rotatable bonds is 2. The van der Waals surface area contributed by atoms with Crippen LogP contribution in [0, 0.1) is 6.07 Å². The zero-order valence-corrected chi connectivity index (χ0v) is 10.7. The van der Waals surface area contributed by atoms with Gasteiger partial charge in [-0.1, -0.05) is 12.1 Å². The Kier molecular flexibility index (Phi) is 3.01. The van der Waals surface area contributed by atoms with E-state index in [4.69, 9.17) is 9.11 Å². The molecular weight excluding hydrogens is 296 g/mol. The van der Waals surface area contributed by atoms with Gasteiger partial charge >= 0.3 is 0 Å². The van der Waals surface area contributed by atoms with Crippen molar-refractivity contribution in [2.75, 3.05) is 0 Å². The summed E-state index contributed by atoms with van der Waals surface area (Å²) < 4.78 is 62.5. The van der Waals surface area contributed by atoms with Crippen LogP contribution in [0.25, 0.3) is 10.8 Å². The van der Waals surface area contributed by atoms with Crippen molar-refractivity contribution in [1.82, 2.24) is 0 Å². The zero-order chi connectivity index (χ0) is 14.4. The Labute approximate surface area is 108 Å². The predicted molar refractivity (Wildman–Crippen MR) is 64.1 cm³/mol. The van der Waals surface area contributed by atoms with Gasteiger partial charge in [-0.15, -0.1) is 0 Å². The van der Waals surface area contributed by atoms with Crippen molar-refractivity contribution in [1.29, 1.82) is 0 Å². The molecular formula is C10H7O7S2. The highest BCUT2D eigenvalue weighted by Gasteiger charge is 2.21. The number of hydrogen-bond acceptors (Lipinski definition) is 5. The van der Waals surface area contributed by atoms with Gasteiger partial charge in [-0.25, -0.2) is 0 Å². The molecule has 2 aromatic rings. The molecule has 9 heteroatoms. The summed E-state index contributed by atoms with van der Waals surface area (Å²) in [6, 6.07) is 6.49. The molecule has 0 fully saturated rings. The van der Waals surface area contributed by atoms with Crippen LogP contribution >= 0.6 is 0 Å². The fourth-order valence-corrected chi connectivity index (χ4v) is 2.87. The van der Waals surface area contributed by atoms with E-state index in [2.05, 4.69) is 6.07 Å². The van der Waals surface area contributed by atoms with Crippen LogP contribution in [0.3, 0.4) is 0 Å². The van der Waals surface area contributed by atoms with E-state index in [0.717, 1.165) is 0 Å². The maximum absolute atomic E-state index is 11.2. The lowest BCUT2D eigenvalue weighted by molar-refractivity contribution is 0.479. The third-order valence-corrected chi connectivity index (χ3v) is 4.04. The highest BCUT2D eigenvalue weighted by Crippen LogP contribution is 2.31. The standard InChI is InChI=1S/C10H7O7S2/c11-9-3-1-2-7-8(9)4-6(18(12,13)14)5-10(7)19(15,16)17/h1-3,5,11H,(H,12,13,14)(H,15,16,17). The summed E-state index contributed by atoms with van der Waals surface area (Å²) in [6.07, 6.45) is 0. The van der Waals surface area contributed by atoms with Gasteiger partial charge in [-0.05, 0) is 12.1 Å². The van der Waals surface area contributed by atoms with E-state index in [-0.39, 0.29) is 10.8 Å². The summed E-state index contributed by atoms with van der Waals surface area (Å²) in [7, 11) is -9.47. The number of fused-ring (bicyclic) bond motifs is 1. The molecule has 19 heavy (non-hydrogen) atoms. The monoisotopic (exact) mass is 303 g/mol. The normalized spacial score (nSPS) is 12.7. The van der Waals surface area contributed by atoms with Crippen molar-refractivity contribution < 1.29 is 31.0 Å². The molecule has 0 saturated heterocycles. The van der Waals surface area contributed by atoms with E-state index >= 15 is 0 Å². The number of hydrogen-bond donors (Lipinski definition) is 3. The van der Waals surface area contributed by atoms with Gasteiger partial charge in [0.2, 0.25) is 0 Å². The van der Waals surface area contributed by atoms with Crippen LogP contribution in [0.4, 0.5) is 0 Å². The fraction of sp³-hybridized carbons (Fsp3) is 0. The maximum atomic E-state index is 11.2. The average molecular weight is 303 g/mol. The maximum Gasteiger partial charge on any atom is 0.295 e. The van der Waals surface area contributed by atoms with E-state index in [1.807, 2.05) is 0 Å². The van der Waals surface area contributed by atoms with E-state index in [1.54, 1.807) is 0 Å². The minimum atomic E-state index is -4.74. The topological polar surface area (TPSA) is 129 Å². The molecule has 2 rings (SSSR count). The van der Waals surface area contributed by atoms with Crippen LogP contribution in [0.15, 0.2) is 34.1 Å². The number of phenolic OH excluding ortho intramolecular Hbond substituents is 1. The Morgan fingerprint density at radius 1 is 1.00 bits per heavy atom. The molecule has 0 amide bonds. The van der Waals surface area contributed by atoms with E-state index < -0.39 is 35.8 Å². The molecule has 0 aliphatic rings. The minimum absolute atomic E-state index is 0.116. The summed E-state index contributed by atoms with van der Waals surface area (Å²) in [4.78, 5) is -1.61. The number of phenols is 1. The van der Waals surface area contributed by atoms with Crippen molar-refractivity contribution in [2.24, 2.45) is 0 Å². The molecule has 0 spiro atoms. The van der Waals surface area contributed by atoms with Crippen molar-refractivity contribution in [3.63, 3.8) is 0 Å². The molecule has 3 N–H and O–H groups in total. The molecule has 0 aliphatic carbocycles. The Hall–Kier alpha value is -1.68. The third kappa shape index (κ3) is 2.54. The molecule has 0 bridgehead atoms. The molecule has 1 radical (unpaired) electrons. The van der Waals surface area contributed by atoms with Gasteiger partial charge in [-0.3, -0.25) is 9.11 Å². The molecule has 2 aromatic carbocycles. The first-order valence-electron chi connectivity index (χ1n) is 4.74. The lowest BCUT2D eigenvalue weighted by Gasteiger charge is -2.07. The Morgan fingerprint density at radius 2 is 1.63 bits per heavy atom. The number of aromatic hydroxyl groups is 1. The average Bonchev–Trinajstić information content (AvgIpc) is 2.25. The highest BCUT2D eigenvalue weighted by molar-refractivity contribution is 7.86. The fourth-order valence-electron chi connectivity index (χ4n) is 1.59. The molecule has 7 nitrogen and oxygen atoms in total. The van der Waals surface area contributed by atoms with Gasteiger partial charge in [0.25, 0.3) is 20.2 Å². The Balaban J connectivity index is 3.06. The SMILES string of the molecule is O=S(=O)(O)c1[c]c2c(O)cccc2c(S(=O)(=O)O)c1. The Morgan fingerprint density at radius 3 is 2.16 bits per heavy atom. The largest absolute Gasteiger partial charge is 0.507 e. The molecule has 101 valence electrons. The van der Waals surface area contributed by atoms with Gasteiger partial charge in [0.1, 0.15) is 15.5 Å². The van der Waals surface area contributed by atoms with Crippen LogP contribution in [0.2, 0.25) is 0 Å². The lowest BCUT2D eigenvalue weighted by Crippen LogP contribution is -2.04. The van der Waals surface area contributed by atoms with Crippen LogP contribution in [0.5, 0.6) is 5.75 Å². The van der Waals surface area contributed by atoms with E-state index in [1.165, 1.54) is 18.2 Å². The Bertz CT molecular complexity index is 866. The van der Waals surface area contributed by atoms with Gasteiger partial charge in [0.15, 0.2) is 0 Å². The summed E-state index contributed by atoms with van der Waals surface area (Å²) in [5.74, 6) is -0.437. The minimum Gasteiger partial charge on any atom is -0.507 e. The molecule has 0 heterocycles. The molecule has 0 unspecified atom stereocenters. The van der Waals surface area contributed by atoms with Crippen molar-refractivity contribution in [2.45, 2.75) is 9.79 Å². The molecule has 0 saturated carbocycles. The van der Waals surface area contributed by atoms with Gasteiger partial charge in [0, 0.05) is 16.8 Å². The second-order valence-corrected chi connectivity index (χ2v) is 6.43. The van der Waals surface area contributed by atoms with Crippen molar-refractivity contribution in [3.8, 4) is 5.75 Å². The van der Waals surface area contributed by atoms with Gasteiger partial charge in [0.05, 0.1) is 0 Å². The van der Waals surface area contributed by atoms with E-state index in [9.17, 15) is 21.9 Å². The second kappa shape index (κ2) is 4.17. The quantitative estimate of drug-likeness (QED) is 0.701. The predicted octanol–water partition coefficient (Wildman–Crippen LogP) is 0.839. The number of benzene rings is 2. The smallest absolute Gasteiger partial charge is 0.295 e. The van der Waals surface area contributed by atoms with Crippen LogP contribution in [0.1, 0.15) is 0 Å². The van der Waals surface area contributed by atoms with Crippen LogP contribution in [-0.2, 0) is 20.2 Å². The highest BCUT2D eigenvalue weighted by atomic mass is 32.2. The molecule has 0 aliphatic heterocycles. The van der Waals surface area contributed by atoms with Crippen molar-refractivity contribution in [3.05, 3.63) is 30.3 Å². The molecule has 0 atom stereocenters. The van der Waals surface area contributed by atoms with Crippen LogP contribution < -0.4 is 0 Å². The van der Waals surface area contributed by atoms with E-state index in [0.29, 0.717) is 6.07 Å². The summed E-state index contributed by atoms with van der Waals surface area (Å²) >= 11 is 0. The van der Waals surface area contributed by atoms with Crippen LogP contribution in [-0.4, -0.2) is 31.0 Å². The molecule has 0 aromatic heterocycles. The van der Waals surface area contributed by atoms with Gasteiger partial charge < -0.3 is 5.11 Å². The second-order valence-electron chi connectivity index (χ2n) is 3.65.